The van der Waals surface area contributed by atoms with Gasteiger partial charge in [0.1, 0.15) is 11.5 Å². The number of para-hydroxylation sites is 1. The van der Waals surface area contributed by atoms with Crippen molar-refractivity contribution in [2.24, 2.45) is 5.92 Å². The second-order valence-electron chi connectivity index (χ2n) is 7.15. The number of carbonyl (C=O) groups is 1. The number of benzene rings is 3. The number of hydrogen-bond donors (Lipinski definition) is 0. The van der Waals surface area contributed by atoms with Gasteiger partial charge >= 0.3 is 0 Å². The fourth-order valence-corrected chi connectivity index (χ4v) is 3.42. The minimum Gasteiger partial charge on any atom is -0.457 e. The Hall–Kier alpha value is -2.59. The number of hydrogen-bond acceptors (Lipinski definition) is 2. The fourth-order valence-electron chi connectivity index (χ4n) is 3.02. The maximum absolute atomic E-state index is 13.1. The van der Waals surface area contributed by atoms with Crippen molar-refractivity contribution in [3.05, 3.63) is 94.5 Å². The molecule has 0 aromatic heterocycles. The molecule has 3 aromatic rings. The van der Waals surface area contributed by atoms with E-state index >= 15 is 0 Å². The van der Waals surface area contributed by atoms with Gasteiger partial charge in [-0.15, -0.1) is 0 Å². The molecule has 3 nitrogen and oxygen atoms in total. The predicted octanol–water partition coefficient (Wildman–Crippen LogP) is 6.54. The van der Waals surface area contributed by atoms with Gasteiger partial charge in [0, 0.05) is 23.1 Å². The predicted molar refractivity (Wildman–Crippen MR) is 117 cm³/mol. The Kier molecular flexibility index (Phi) is 6.88. The Balaban J connectivity index is 1.79. The summed E-state index contributed by atoms with van der Waals surface area (Å²) in [5, 5.41) is 0. The van der Waals surface area contributed by atoms with Crippen LogP contribution in [0.5, 0.6) is 11.5 Å². The number of carbonyl (C=O) groups excluding carboxylic acids is 1. The molecule has 3 rings (SSSR count). The van der Waals surface area contributed by atoms with Gasteiger partial charge in [0.05, 0.1) is 0 Å². The minimum atomic E-state index is 0.0318. The van der Waals surface area contributed by atoms with Crippen LogP contribution >= 0.6 is 15.9 Å². The number of amides is 1. The molecule has 0 saturated carbocycles. The van der Waals surface area contributed by atoms with E-state index in [2.05, 4.69) is 29.8 Å². The first-order valence-electron chi connectivity index (χ1n) is 9.38. The molecule has 0 aliphatic heterocycles. The summed E-state index contributed by atoms with van der Waals surface area (Å²) in [6.07, 6.45) is 0. The number of ether oxygens (including phenoxy) is 1. The van der Waals surface area contributed by atoms with Gasteiger partial charge in [-0.25, -0.2) is 0 Å². The lowest BCUT2D eigenvalue weighted by Crippen LogP contribution is -2.33. The zero-order chi connectivity index (χ0) is 19.9. The summed E-state index contributed by atoms with van der Waals surface area (Å²) in [4.78, 5) is 15.0. The van der Waals surface area contributed by atoms with E-state index in [9.17, 15) is 4.79 Å². The summed E-state index contributed by atoms with van der Waals surface area (Å²) in [6.45, 7) is 5.47. The normalized spacial score (nSPS) is 10.7. The molecule has 0 bridgehead atoms. The van der Waals surface area contributed by atoms with Crippen molar-refractivity contribution in [2.75, 3.05) is 6.54 Å². The number of halogens is 1. The van der Waals surface area contributed by atoms with Gasteiger partial charge < -0.3 is 9.64 Å². The molecule has 1 amide bonds. The van der Waals surface area contributed by atoms with E-state index in [4.69, 9.17) is 4.74 Å². The highest BCUT2D eigenvalue weighted by Gasteiger charge is 2.18. The maximum atomic E-state index is 13.1. The van der Waals surface area contributed by atoms with Crippen LogP contribution in [0.1, 0.15) is 29.8 Å². The van der Waals surface area contributed by atoms with E-state index in [1.165, 1.54) is 0 Å². The van der Waals surface area contributed by atoms with Crippen LogP contribution in [0.3, 0.4) is 0 Å². The van der Waals surface area contributed by atoms with E-state index in [0.717, 1.165) is 21.5 Å². The number of rotatable bonds is 7. The van der Waals surface area contributed by atoms with Crippen LogP contribution in [0.4, 0.5) is 0 Å². The van der Waals surface area contributed by atoms with Crippen LogP contribution in [0, 0.1) is 5.92 Å². The van der Waals surface area contributed by atoms with Gasteiger partial charge in [0.15, 0.2) is 0 Å². The highest BCUT2D eigenvalue weighted by atomic mass is 79.9. The van der Waals surface area contributed by atoms with Crippen LogP contribution in [-0.2, 0) is 6.54 Å². The van der Waals surface area contributed by atoms with Crippen molar-refractivity contribution in [1.82, 2.24) is 4.90 Å². The lowest BCUT2D eigenvalue weighted by molar-refractivity contribution is 0.0722. The first-order chi connectivity index (χ1) is 13.5. The summed E-state index contributed by atoms with van der Waals surface area (Å²) < 4.78 is 6.84. The van der Waals surface area contributed by atoms with Gasteiger partial charge in [-0.3, -0.25) is 4.79 Å². The van der Waals surface area contributed by atoms with Crippen molar-refractivity contribution in [1.29, 1.82) is 0 Å². The third-order valence-electron chi connectivity index (χ3n) is 4.20. The molecule has 0 saturated heterocycles. The van der Waals surface area contributed by atoms with Crippen molar-refractivity contribution >= 4 is 21.8 Å². The maximum Gasteiger partial charge on any atom is 0.254 e. The standard InChI is InChI=1S/C24H24BrNO2/c1-18(2)16-26(24(27)20-9-7-10-21(25)15-20)17-19-8-6-13-23(14-19)28-22-11-4-3-5-12-22/h3-15,18H,16-17H2,1-2H3. The molecule has 0 heterocycles. The molecule has 0 unspecified atom stereocenters. The van der Waals surface area contributed by atoms with Crippen LogP contribution in [-0.4, -0.2) is 17.4 Å². The van der Waals surface area contributed by atoms with E-state index in [1.807, 2.05) is 83.8 Å². The topological polar surface area (TPSA) is 29.5 Å². The zero-order valence-corrected chi connectivity index (χ0v) is 17.7. The Morgan fingerprint density at radius 3 is 2.36 bits per heavy atom. The van der Waals surface area contributed by atoms with Crippen LogP contribution < -0.4 is 4.74 Å². The quantitative estimate of drug-likeness (QED) is 0.419. The number of nitrogens with zero attached hydrogens (tertiary/aromatic N) is 1. The molecule has 0 fully saturated rings. The first kappa shape index (κ1) is 20.2. The highest BCUT2D eigenvalue weighted by Crippen LogP contribution is 2.23. The fraction of sp³-hybridized carbons (Fsp3) is 0.208. The highest BCUT2D eigenvalue weighted by molar-refractivity contribution is 9.10. The molecular formula is C24H24BrNO2. The molecule has 0 N–H and O–H groups in total. The summed E-state index contributed by atoms with van der Waals surface area (Å²) >= 11 is 3.45. The smallest absolute Gasteiger partial charge is 0.254 e. The third-order valence-corrected chi connectivity index (χ3v) is 4.69. The SMILES string of the molecule is CC(C)CN(Cc1cccc(Oc2ccccc2)c1)C(=O)c1cccc(Br)c1. The molecule has 0 aliphatic carbocycles. The molecule has 0 atom stereocenters. The van der Waals surface area contributed by atoms with Gasteiger partial charge in [0.2, 0.25) is 0 Å². The second-order valence-corrected chi connectivity index (χ2v) is 8.07. The molecule has 4 heteroatoms. The lowest BCUT2D eigenvalue weighted by Gasteiger charge is -2.25. The summed E-state index contributed by atoms with van der Waals surface area (Å²) in [5.74, 6) is 1.97. The van der Waals surface area contributed by atoms with Crippen molar-refractivity contribution in [3.8, 4) is 11.5 Å². The Labute approximate surface area is 175 Å². The Morgan fingerprint density at radius 1 is 0.929 bits per heavy atom. The average Bonchev–Trinajstić information content (AvgIpc) is 2.68. The molecule has 0 spiro atoms. The van der Waals surface area contributed by atoms with Gasteiger partial charge in [-0.2, -0.15) is 0 Å². The molecule has 0 radical (unpaired) electrons. The van der Waals surface area contributed by atoms with E-state index < -0.39 is 0 Å². The molecular weight excluding hydrogens is 414 g/mol. The summed E-state index contributed by atoms with van der Waals surface area (Å²) in [7, 11) is 0. The first-order valence-corrected chi connectivity index (χ1v) is 10.2. The summed E-state index contributed by atoms with van der Waals surface area (Å²) in [5.41, 5.74) is 1.73. The minimum absolute atomic E-state index is 0.0318. The molecule has 3 aromatic carbocycles. The van der Waals surface area contributed by atoms with E-state index in [0.29, 0.717) is 24.6 Å². The van der Waals surface area contributed by atoms with Crippen LogP contribution in [0.2, 0.25) is 0 Å². The zero-order valence-electron chi connectivity index (χ0n) is 16.1. The molecule has 0 aliphatic rings. The van der Waals surface area contributed by atoms with Crippen molar-refractivity contribution in [2.45, 2.75) is 20.4 Å². The van der Waals surface area contributed by atoms with Crippen molar-refractivity contribution in [3.63, 3.8) is 0 Å². The van der Waals surface area contributed by atoms with E-state index in [1.54, 1.807) is 0 Å². The largest absolute Gasteiger partial charge is 0.457 e. The third kappa shape index (κ3) is 5.70. The van der Waals surface area contributed by atoms with Crippen LogP contribution in [0.15, 0.2) is 83.3 Å². The van der Waals surface area contributed by atoms with Gasteiger partial charge in [-0.05, 0) is 53.9 Å². The monoisotopic (exact) mass is 437 g/mol. The summed E-state index contributed by atoms with van der Waals surface area (Å²) in [6, 6.07) is 25.1. The van der Waals surface area contributed by atoms with E-state index in [-0.39, 0.29) is 5.91 Å². The average molecular weight is 438 g/mol. The Bertz CT molecular complexity index is 925. The van der Waals surface area contributed by atoms with Crippen LogP contribution in [0.25, 0.3) is 0 Å². The Morgan fingerprint density at radius 2 is 1.64 bits per heavy atom. The molecule has 144 valence electrons. The lowest BCUT2D eigenvalue weighted by atomic mass is 10.1. The van der Waals surface area contributed by atoms with Gasteiger partial charge in [0.25, 0.3) is 5.91 Å². The van der Waals surface area contributed by atoms with Gasteiger partial charge in [-0.1, -0.05) is 66.2 Å². The van der Waals surface area contributed by atoms with Crippen molar-refractivity contribution < 1.29 is 9.53 Å². The second kappa shape index (κ2) is 9.56. The molecule has 28 heavy (non-hydrogen) atoms.